The fourth-order valence-electron chi connectivity index (χ4n) is 2.05. The third-order valence-corrected chi connectivity index (χ3v) is 3.84. The van der Waals surface area contributed by atoms with E-state index in [4.69, 9.17) is 23.2 Å². The zero-order chi connectivity index (χ0) is 14.3. The first-order valence-electron chi connectivity index (χ1n) is 5.98. The molecule has 1 N–H and O–H groups in total. The Bertz CT molecular complexity index is 818. The number of halogens is 2. The number of benzene rings is 2. The van der Waals surface area contributed by atoms with Gasteiger partial charge in [0, 0.05) is 16.0 Å². The summed E-state index contributed by atoms with van der Waals surface area (Å²) >= 11 is 12.3. The van der Waals surface area contributed by atoms with E-state index < -0.39 is 0 Å². The van der Waals surface area contributed by atoms with Crippen molar-refractivity contribution in [2.24, 2.45) is 0 Å². The molecule has 0 atom stereocenters. The maximum Gasteiger partial charge on any atom is 0.161 e. The van der Waals surface area contributed by atoms with Crippen LogP contribution in [0.5, 0.6) is 5.75 Å². The molecule has 0 radical (unpaired) electrons. The van der Waals surface area contributed by atoms with Crippen molar-refractivity contribution in [3.63, 3.8) is 0 Å². The van der Waals surface area contributed by atoms with Crippen LogP contribution in [0.1, 0.15) is 5.56 Å². The summed E-state index contributed by atoms with van der Waals surface area (Å²) in [5.41, 5.74) is 2.43. The SMILES string of the molecule is Cc1c(Cl)cccc1-c1nc(Cl)c2cc(O)ccc2n1. The highest BCUT2D eigenvalue weighted by atomic mass is 35.5. The minimum atomic E-state index is 0.134. The van der Waals surface area contributed by atoms with Gasteiger partial charge in [-0.25, -0.2) is 9.97 Å². The van der Waals surface area contributed by atoms with E-state index in [1.807, 2.05) is 25.1 Å². The Morgan fingerprint density at radius 2 is 1.85 bits per heavy atom. The van der Waals surface area contributed by atoms with Gasteiger partial charge in [-0.3, -0.25) is 0 Å². The molecule has 5 heteroatoms. The second kappa shape index (κ2) is 4.93. The number of aromatic hydroxyl groups is 1. The molecule has 2 aromatic carbocycles. The van der Waals surface area contributed by atoms with Crippen LogP contribution in [0.4, 0.5) is 0 Å². The number of phenols is 1. The second-order valence-corrected chi connectivity index (χ2v) is 5.22. The summed E-state index contributed by atoms with van der Waals surface area (Å²) in [6.07, 6.45) is 0. The molecule has 3 nitrogen and oxygen atoms in total. The van der Waals surface area contributed by atoms with Gasteiger partial charge in [0.1, 0.15) is 10.9 Å². The molecular formula is C15H10Cl2N2O. The van der Waals surface area contributed by atoms with E-state index in [1.54, 1.807) is 18.2 Å². The van der Waals surface area contributed by atoms with E-state index in [2.05, 4.69) is 9.97 Å². The van der Waals surface area contributed by atoms with Gasteiger partial charge in [-0.1, -0.05) is 35.3 Å². The van der Waals surface area contributed by atoms with E-state index in [1.165, 1.54) is 0 Å². The van der Waals surface area contributed by atoms with Gasteiger partial charge in [0.05, 0.1) is 5.52 Å². The number of hydrogen-bond donors (Lipinski definition) is 1. The van der Waals surface area contributed by atoms with Crippen molar-refractivity contribution in [1.29, 1.82) is 0 Å². The Kier molecular flexibility index (Phi) is 3.24. The molecule has 0 saturated heterocycles. The molecule has 0 saturated carbocycles. The minimum Gasteiger partial charge on any atom is -0.508 e. The number of nitrogens with zero attached hydrogens (tertiary/aromatic N) is 2. The van der Waals surface area contributed by atoms with Crippen LogP contribution in [0, 0.1) is 6.92 Å². The van der Waals surface area contributed by atoms with E-state index in [0.29, 0.717) is 26.9 Å². The Labute approximate surface area is 125 Å². The minimum absolute atomic E-state index is 0.134. The average Bonchev–Trinajstić information content (AvgIpc) is 2.42. The van der Waals surface area contributed by atoms with Crippen LogP contribution in [0.25, 0.3) is 22.3 Å². The first-order valence-corrected chi connectivity index (χ1v) is 6.73. The molecule has 1 heterocycles. The monoisotopic (exact) mass is 304 g/mol. The van der Waals surface area contributed by atoms with Gasteiger partial charge < -0.3 is 5.11 Å². The number of hydrogen-bond acceptors (Lipinski definition) is 3. The molecular weight excluding hydrogens is 295 g/mol. The Morgan fingerprint density at radius 1 is 1.05 bits per heavy atom. The molecule has 100 valence electrons. The molecule has 0 fully saturated rings. The van der Waals surface area contributed by atoms with E-state index in [-0.39, 0.29) is 5.75 Å². The highest BCUT2D eigenvalue weighted by molar-refractivity contribution is 6.34. The van der Waals surface area contributed by atoms with Gasteiger partial charge >= 0.3 is 0 Å². The molecule has 1 aromatic heterocycles. The molecule has 0 bridgehead atoms. The zero-order valence-electron chi connectivity index (χ0n) is 10.6. The van der Waals surface area contributed by atoms with Gasteiger partial charge in [0.25, 0.3) is 0 Å². The Balaban J connectivity index is 2.28. The first-order chi connectivity index (χ1) is 9.56. The van der Waals surface area contributed by atoms with Crippen molar-refractivity contribution in [1.82, 2.24) is 9.97 Å². The standard InChI is InChI=1S/C15H10Cl2N2O/c1-8-10(3-2-4-12(8)16)15-18-13-6-5-9(20)7-11(13)14(17)19-15/h2-7,20H,1H3. The van der Waals surface area contributed by atoms with Crippen LogP contribution in [-0.2, 0) is 0 Å². The van der Waals surface area contributed by atoms with Crippen LogP contribution < -0.4 is 0 Å². The lowest BCUT2D eigenvalue weighted by Gasteiger charge is -2.08. The number of fused-ring (bicyclic) bond motifs is 1. The van der Waals surface area contributed by atoms with Crippen molar-refractivity contribution in [3.05, 3.63) is 52.1 Å². The lowest BCUT2D eigenvalue weighted by Crippen LogP contribution is -1.94. The quantitative estimate of drug-likeness (QED) is 0.667. The molecule has 0 spiro atoms. The van der Waals surface area contributed by atoms with E-state index in [0.717, 1.165) is 11.1 Å². The predicted octanol–water partition coefficient (Wildman–Crippen LogP) is 4.62. The lowest BCUT2D eigenvalue weighted by molar-refractivity contribution is 0.476. The summed E-state index contributed by atoms with van der Waals surface area (Å²) in [5.74, 6) is 0.655. The molecule has 3 rings (SSSR count). The molecule has 0 amide bonds. The molecule has 20 heavy (non-hydrogen) atoms. The van der Waals surface area contributed by atoms with Gasteiger partial charge in [-0.05, 0) is 36.8 Å². The molecule has 0 aliphatic heterocycles. The Hall–Kier alpha value is -1.84. The van der Waals surface area contributed by atoms with E-state index >= 15 is 0 Å². The first kappa shape index (κ1) is 13.2. The Morgan fingerprint density at radius 3 is 2.65 bits per heavy atom. The summed E-state index contributed by atoms with van der Waals surface area (Å²) in [6.45, 7) is 1.91. The van der Waals surface area contributed by atoms with Crippen LogP contribution in [0.15, 0.2) is 36.4 Å². The maximum atomic E-state index is 9.49. The summed E-state index contributed by atoms with van der Waals surface area (Å²) in [4.78, 5) is 8.78. The highest BCUT2D eigenvalue weighted by Gasteiger charge is 2.11. The molecule has 0 aliphatic carbocycles. The second-order valence-electron chi connectivity index (χ2n) is 4.45. The van der Waals surface area contributed by atoms with Crippen molar-refractivity contribution in [3.8, 4) is 17.1 Å². The maximum absolute atomic E-state index is 9.49. The summed E-state index contributed by atoms with van der Waals surface area (Å²) in [6, 6.07) is 10.4. The zero-order valence-corrected chi connectivity index (χ0v) is 12.1. The van der Waals surface area contributed by atoms with Crippen LogP contribution in [0.2, 0.25) is 10.2 Å². The summed E-state index contributed by atoms with van der Waals surface area (Å²) in [5, 5.41) is 11.1. The van der Waals surface area contributed by atoms with Gasteiger partial charge in [-0.2, -0.15) is 0 Å². The number of rotatable bonds is 1. The van der Waals surface area contributed by atoms with Crippen LogP contribution >= 0.6 is 23.2 Å². The lowest BCUT2D eigenvalue weighted by atomic mass is 10.1. The fraction of sp³-hybridized carbons (Fsp3) is 0.0667. The number of aromatic nitrogens is 2. The molecule has 3 aromatic rings. The highest BCUT2D eigenvalue weighted by Crippen LogP contribution is 2.30. The van der Waals surface area contributed by atoms with Crippen molar-refractivity contribution in [2.75, 3.05) is 0 Å². The van der Waals surface area contributed by atoms with Crippen molar-refractivity contribution in [2.45, 2.75) is 6.92 Å². The summed E-state index contributed by atoms with van der Waals surface area (Å²) < 4.78 is 0. The average molecular weight is 305 g/mol. The van der Waals surface area contributed by atoms with Gasteiger partial charge in [0.15, 0.2) is 5.82 Å². The number of phenolic OH excluding ortho intramolecular Hbond substituents is 1. The van der Waals surface area contributed by atoms with Crippen molar-refractivity contribution >= 4 is 34.1 Å². The van der Waals surface area contributed by atoms with Crippen molar-refractivity contribution < 1.29 is 5.11 Å². The van der Waals surface area contributed by atoms with Crippen LogP contribution in [0.3, 0.4) is 0 Å². The normalized spacial score (nSPS) is 10.9. The molecule has 0 aliphatic rings. The van der Waals surface area contributed by atoms with Crippen LogP contribution in [-0.4, -0.2) is 15.1 Å². The predicted molar refractivity (Wildman–Crippen MR) is 81.4 cm³/mol. The third kappa shape index (κ3) is 2.19. The third-order valence-electron chi connectivity index (χ3n) is 3.14. The smallest absolute Gasteiger partial charge is 0.161 e. The van der Waals surface area contributed by atoms with Gasteiger partial charge in [0.2, 0.25) is 0 Å². The summed E-state index contributed by atoms with van der Waals surface area (Å²) in [7, 11) is 0. The van der Waals surface area contributed by atoms with E-state index in [9.17, 15) is 5.11 Å². The fourth-order valence-corrected chi connectivity index (χ4v) is 2.46. The van der Waals surface area contributed by atoms with Gasteiger partial charge in [-0.15, -0.1) is 0 Å². The molecule has 0 unspecified atom stereocenters. The largest absolute Gasteiger partial charge is 0.508 e. The topological polar surface area (TPSA) is 46.0 Å².